The number of aromatic nitrogens is 1. The Bertz CT molecular complexity index is 719. The molecular formula is C20H27Cl2N3O. The van der Waals surface area contributed by atoms with E-state index < -0.39 is 0 Å². The lowest BCUT2D eigenvalue weighted by Gasteiger charge is -2.38. The molecule has 1 amide bonds. The molecule has 2 heterocycles. The monoisotopic (exact) mass is 395 g/mol. The summed E-state index contributed by atoms with van der Waals surface area (Å²) in [5.74, 6) is 0.0402. The average Bonchev–Trinajstić information content (AvgIpc) is 2.62. The Morgan fingerprint density at radius 3 is 2.50 bits per heavy atom. The maximum atomic E-state index is 13.0. The molecule has 6 heteroatoms. The number of halogens is 2. The lowest BCUT2D eigenvalue weighted by Crippen LogP contribution is -2.51. The maximum absolute atomic E-state index is 13.0. The van der Waals surface area contributed by atoms with Gasteiger partial charge in [-0.3, -0.25) is 9.78 Å². The van der Waals surface area contributed by atoms with Gasteiger partial charge in [0.2, 0.25) is 0 Å². The number of likely N-dealkylation sites (tertiary alicyclic amines) is 1. The first-order chi connectivity index (χ1) is 11.6. The Balaban J connectivity index is 0.00000169. The van der Waals surface area contributed by atoms with E-state index >= 15 is 0 Å². The number of carbonyl (C=O) groups is 1. The van der Waals surface area contributed by atoms with E-state index in [-0.39, 0.29) is 42.8 Å². The SMILES string of the molecule is Cc1ccc(-c2cncc(C(=O)N3CCCCC3C(C)N)c2)cc1.Cl.Cl. The van der Waals surface area contributed by atoms with Crippen LogP contribution in [0.2, 0.25) is 0 Å². The summed E-state index contributed by atoms with van der Waals surface area (Å²) in [6.45, 7) is 4.82. The van der Waals surface area contributed by atoms with Crippen molar-refractivity contribution >= 4 is 30.7 Å². The minimum absolute atomic E-state index is 0. The Hall–Kier alpha value is -1.62. The molecule has 1 aliphatic heterocycles. The number of aryl methyl sites for hydroxylation is 1. The third kappa shape index (κ3) is 4.97. The summed E-state index contributed by atoms with van der Waals surface area (Å²) >= 11 is 0. The number of carbonyl (C=O) groups excluding carboxylic acids is 1. The van der Waals surface area contributed by atoms with E-state index in [1.165, 1.54) is 5.56 Å². The number of benzene rings is 1. The van der Waals surface area contributed by atoms with Crippen molar-refractivity contribution in [1.82, 2.24) is 9.88 Å². The first kappa shape index (κ1) is 22.4. The number of hydrogen-bond acceptors (Lipinski definition) is 3. The van der Waals surface area contributed by atoms with Crippen LogP contribution in [0.3, 0.4) is 0 Å². The molecule has 2 atom stereocenters. The molecule has 4 nitrogen and oxygen atoms in total. The van der Waals surface area contributed by atoms with Gasteiger partial charge >= 0.3 is 0 Å². The van der Waals surface area contributed by atoms with Crippen LogP contribution < -0.4 is 5.73 Å². The quantitative estimate of drug-likeness (QED) is 0.844. The average molecular weight is 396 g/mol. The lowest BCUT2D eigenvalue weighted by atomic mass is 9.96. The lowest BCUT2D eigenvalue weighted by molar-refractivity contribution is 0.0583. The van der Waals surface area contributed by atoms with Gasteiger partial charge in [-0.25, -0.2) is 0 Å². The second-order valence-corrected chi connectivity index (χ2v) is 6.75. The Labute approximate surface area is 168 Å². The van der Waals surface area contributed by atoms with Crippen LogP contribution in [0.1, 0.15) is 42.1 Å². The van der Waals surface area contributed by atoms with E-state index in [1.54, 1.807) is 12.4 Å². The molecule has 0 aliphatic carbocycles. The van der Waals surface area contributed by atoms with Crippen molar-refractivity contribution in [2.45, 2.75) is 45.2 Å². The fourth-order valence-corrected chi connectivity index (χ4v) is 3.38. The van der Waals surface area contributed by atoms with Gasteiger partial charge in [0, 0.05) is 36.6 Å². The normalized spacial score (nSPS) is 17.7. The molecule has 1 aromatic carbocycles. The van der Waals surface area contributed by atoms with Gasteiger partial charge < -0.3 is 10.6 Å². The molecule has 2 N–H and O–H groups in total. The fourth-order valence-electron chi connectivity index (χ4n) is 3.38. The van der Waals surface area contributed by atoms with Gasteiger partial charge in [0.05, 0.1) is 5.56 Å². The van der Waals surface area contributed by atoms with Gasteiger partial charge in [0.25, 0.3) is 5.91 Å². The van der Waals surface area contributed by atoms with Gasteiger partial charge in [-0.1, -0.05) is 29.8 Å². The van der Waals surface area contributed by atoms with E-state index in [0.29, 0.717) is 5.56 Å². The largest absolute Gasteiger partial charge is 0.334 e. The van der Waals surface area contributed by atoms with Crippen LogP contribution in [0, 0.1) is 6.92 Å². The predicted molar refractivity (Wildman–Crippen MR) is 111 cm³/mol. The summed E-state index contributed by atoms with van der Waals surface area (Å²) in [6, 6.07) is 10.3. The summed E-state index contributed by atoms with van der Waals surface area (Å²) in [4.78, 5) is 19.2. The highest BCUT2D eigenvalue weighted by molar-refractivity contribution is 5.95. The second kappa shape index (κ2) is 9.91. The van der Waals surface area contributed by atoms with Crippen molar-refractivity contribution < 1.29 is 4.79 Å². The number of pyridine rings is 1. The van der Waals surface area contributed by atoms with Crippen LogP contribution in [-0.2, 0) is 0 Å². The van der Waals surface area contributed by atoms with Crippen molar-refractivity contribution in [2.24, 2.45) is 5.73 Å². The minimum atomic E-state index is -0.0116. The van der Waals surface area contributed by atoms with Crippen molar-refractivity contribution in [2.75, 3.05) is 6.54 Å². The molecule has 2 aromatic rings. The number of rotatable bonds is 3. The molecule has 1 fully saturated rings. The number of nitrogens with two attached hydrogens (primary N) is 1. The first-order valence-corrected chi connectivity index (χ1v) is 8.65. The molecule has 0 spiro atoms. The highest BCUT2D eigenvalue weighted by Crippen LogP contribution is 2.24. The highest BCUT2D eigenvalue weighted by Gasteiger charge is 2.30. The maximum Gasteiger partial charge on any atom is 0.255 e. The fraction of sp³-hybridized carbons (Fsp3) is 0.400. The van der Waals surface area contributed by atoms with Gasteiger partial charge in [0.1, 0.15) is 0 Å². The zero-order valence-electron chi connectivity index (χ0n) is 15.2. The summed E-state index contributed by atoms with van der Waals surface area (Å²) in [5.41, 5.74) is 10.00. The molecule has 3 rings (SSSR count). The minimum Gasteiger partial charge on any atom is -0.334 e. The molecule has 142 valence electrons. The standard InChI is InChI=1S/C20H25N3O.2ClH/c1-14-6-8-16(9-7-14)17-11-18(13-22-12-17)20(24)23-10-4-3-5-19(23)15(2)21;;/h6-9,11-13,15,19H,3-5,10,21H2,1-2H3;2*1H. The van der Waals surface area contributed by atoms with Crippen molar-refractivity contribution in [3.05, 3.63) is 53.9 Å². The molecule has 1 aliphatic rings. The molecule has 26 heavy (non-hydrogen) atoms. The number of amides is 1. The van der Waals surface area contributed by atoms with Crippen LogP contribution in [0.5, 0.6) is 0 Å². The number of hydrogen-bond donors (Lipinski definition) is 1. The van der Waals surface area contributed by atoms with Crippen LogP contribution >= 0.6 is 24.8 Å². The third-order valence-corrected chi connectivity index (χ3v) is 4.79. The van der Waals surface area contributed by atoms with Crippen molar-refractivity contribution in [3.8, 4) is 11.1 Å². The van der Waals surface area contributed by atoms with Crippen LogP contribution in [0.4, 0.5) is 0 Å². The number of nitrogens with zero attached hydrogens (tertiary/aromatic N) is 2. The van der Waals surface area contributed by atoms with Gasteiger partial charge in [-0.15, -0.1) is 24.8 Å². The Morgan fingerprint density at radius 2 is 1.85 bits per heavy atom. The van der Waals surface area contributed by atoms with E-state index in [4.69, 9.17) is 5.73 Å². The third-order valence-electron chi connectivity index (χ3n) is 4.79. The molecule has 1 aromatic heterocycles. The molecule has 1 saturated heterocycles. The van der Waals surface area contributed by atoms with E-state index in [9.17, 15) is 4.79 Å². The van der Waals surface area contributed by atoms with E-state index in [1.807, 2.05) is 17.9 Å². The van der Waals surface area contributed by atoms with Crippen LogP contribution in [-0.4, -0.2) is 34.4 Å². The second-order valence-electron chi connectivity index (χ2n) is 6.75. The molecule has 0 saturated carbocycles. The van der Waals surface area contributed by atoms with E-state index in [0.717, 1.165) is 36.9 Å². The molecule has 2 unspecified atom stereocenters. The number of piperidine rings is 1. The van der Waals surface area contributed by atoms with Crippen molar-refractivity contribution in [3.63, 3.8) is 0 Å². The summed E-state index contributed by atoms with van der Waals surface area (Å²) in [6.07, 6.45) is 6.62. The Morgan fingerprint density at radius 1 is 1.15 bits per heavy atom. The van der Waals surface area contributed by atoms with Gasteiger partial charge in [-0.05, 0) is 44.7 Å². The topological polar surface area (TPSA) is 59.2 Å². The summed E-state index contributed by atoms with van der Waals surface area (Å²) in [5, 5.41) is 0. The zero-order valence-corrected chi connectivity index (χ0v) is 16.9. The van der Waals surface area contributed by atoms with Crippen molar-refractivity contribution in [1.29, 1.82) is 0 Å². The Kier molecular flexibility index (Phi) is 8.54. The predicted octanol–water partition coefficient (Wildman–Crippen LogP) is 4.24. The van der Waals surface area contributed by atoms with Crippen LogP contribution in [0.25, 0.3) is 11.1 Å². The van der Waals surface area contributed by atoms with Gasteiger partial charge in [0.15, 0.2) is 0 Å². The molecule has 0 radical (unpaired) electrons. The smallest absolute Gasteiger partial charge is 0.255 e. The van der Waals surface area contributed by atoms with Gasteiger partial charge in [-0.2, -0.15) is 0 Å². The summed E-state index contributed by atoms with van der Waals surface area (Å²) in [7, 11) is 0. The van der Waals surface area contributed by atoms with Crippen LogP contribution in [0.15, 0.2) is 42.7 Å². The summed E-state index contributed by atoms with van der Waals surface area (Å²) < 4.78 is 0. The van der Waals surface area contributed by atoms with E-state index in [2.05, 4.69) is 36.2 Å². The molecule has 0 bridgehead atoms. The zero-order chi connectivity index (χ0) is 17.1. The highest BCUT2D eigenvalue weighted by atomic mass is 35.5. The molecular weight excluding hydrogens is 369 g/mol. The first-order valence-electron chi connectivity index (χ1n) is 8.65.